The molecular weight excluding hydrogens is 392 g/mol. The highest BCUT2D eigenvalue weighted by molar-refractivity contribution is 6.37. The third-order valence-electron chi connectivity index (χ3n) is 6.60. The molecule has 2 aliphatic carbocycles. The Bertz CT molecular complexity index is 1090. The van der Waals surface area contributed by atoms with Gasteiger partial charge in [-0.1, -0.05) is 66.7 Å². The number of carbonyl (C=O) groups is 3. The SMILES string of the molecule is C=CCC1CC2(C(=O)OC)C(=O)C1(C(=O)OC)C(c1ccccc1)=C2c1ccccc1. The molecule has 4 rings (SSSR count). The number of rotatable bonds is 6. The number of ketones is 1. The average molecular weight is 416 g/mol. The molecule has 3 atom stereocenters. The van der Waals surface area contributed by atoms with Gasteiger partial charge in [0.15, 0.2) is 16.6 Å². The normalized spacial score (nSPS) is 26.6. The smallest absolute Gasteiger partial charge is 0.324 e. The quantitative estimate of drug-likeness (QED) is 0.403. The van der Waals surface area contributed by atoms with Crippen molar-refractivity contribution < 1.29 is 23.9 Å². The summed E-state index contributed by atoms with van der Waals surface area (Å²) in [5, 5.41) is 0. The Hall–Kier alpha value is -3.47. The van der Waals surface area contributed by atoms with Crippen LogP contribution in [0.15, 0.2) is 73.3 Å². The van der Waals surface area contributed by atoms with E-state index in [0.717, 1.165) is 0 Å². The van der Waals surface area contributed by atoms with Crippen molar-refractivity contribution in [2.75, 3.05) is 14.2 Å². The summed E-state index contributed by atoms with van der Waals surface area (Å²) in [7, 11) is 2.55. The van der Waals surface area contributed by atoms with Gasteiger partial charge in [0.1, 0.15) is 0 Å². The Balaban J connectivity index is 2.19. The van der Waals surface area contributed by atoms with Crippen molar-refractivity contribution in [2.24, 2.45) is 16.7 Å². The van der Waals surface area contributed by atoms with Crippen LogP contribution in [0.5, 0.6) is 0 Å². The van der Waals surface area contributed by atoms with Gasteiger partial charge in [-0.05, 0) is 41.0 Å². The fourth-order valence-electron chi connectivity index (χ4n) is 5.49. The van der Waals surface area contributed by atoms with Crippen LogP contribution >= 0.6 is 0 Å². The highest BCUT2D eigenvalue weighted by Crippen LogP contribution is 2.70. The van der Waals surface area contributed by atoms with Crippen LogP contribution in [0.2, 0.25) is 0 Å². The lowest BCUT2D eigenvalue weighted by molar-refractivity contribution is -0.157. The molecule has 2 aliphatic rings. The monoisotopic (exact) mass is 416 g/mol. The Labute approximate surface area is 181 Å². The molecule has 0 aliphatic heterocycles. The summed E-state index contributed by atoms with van der Waals surface area (Å²) < 4.78 is 10.4. The van der Waals surface area contributed by atoms with Crippen LogP contribution in [0, 0.1) is 16.7 Å². The van der Waals surface area contributed by atoms with Crippen molar-refractivity contribution in [3.8, 4) is 0 Å². The third-order valence-corrected chi connectivity index (χ3v) is 6.60. The molecule has 31 heavy (non-hydrogen) atoms. The van der Waals surface area contributed by atoms with Crippen molar-refractivity contribution in [1.82, 2.24) is 0 Å². The van der Waals surface area contributed by atoms with Crippen LogP contribution in [-0.2, 0) is 23.9 Å². The summed E-state index contributed by atoms with van der Waals surface area (Å²) in [5.74, 6) is -2.24. The average Bonchev–Trinajstić information content (AvgIpc) is 3.20. The number of ether oxygens (including phenoxy) is 2. The van der Waals surface area contributed by atoms with Gasteiger partial charge in [-0.15, -0.1) is 6.58 Å². The first-order chi connectivity index (χ1) is 15.0. The minimum atomic E-state index is -1.61. The van der Waals surface area contributed by atoms with Gasteiger partial charge in [-0.25, -0.2) is 0 Å². The number of allylic oxidation sites excluding steroid dienone is 1. The van der Waals surface area contributed by atoms with Gasteiger partial charge >= 0.3 is 11.9 Å². The molecule has 2 bridgehead atoms. The molecule has 5 nitrogen and oxygen atoms in total. The van der Waals surface area contributed by atoms with Crippen LogP contribution in [0.1, 0.15) is 24.0 Å². The molecule has 0 N–H and O–H groups in total. The summed E-state index contributed by atoms with van der Waals surface area (Å²) >= 11 is 0. The summed E-state index contributed by atoms with van der Waals surface area (Å²) in [6.45, 7) is 3.82. The molecular formula is C26H24O5. The first-order valence-electron chi connectivity index (χ1n) is 10.2. The van der Waals surface area contributed by atoms with Gasteiger partial charge in [0.2, 0.25) is 0 Å². The lowest BCUT2D eigenvalue weighted by Gasteiger charge is -2.36. The zero-order valence-electron chi connectivity index (χ0n) is 17.6. The Morgan fingerprint density at radius 3 is 1.94 bits per heavy atom. The van der Waals surface area contributed by atoms with E-state index in [1.807, 2.05) is 60.7 Å². The van der Waals surface area contributed by atoms with Crippen LogP contribution in [-0.4, -0.2) is 31.9 Å². The van der Waals surface area contributed by atoms with E-state index in [1.165, 1.54) is 14.2 Å². The van der Waals surface area contributed by atoms with E-state index in [9.17, 15) is 14.4 Å². The predicted octanol–water partition coefficient (Wildman–Crippen LogP) is 4.09. The number of fused-ring (bicyclic) bond motifs is 2. The van der Waals surface area contributed by atoms with Crippen molar-refractivity contribution in [3.05, 3.63) is 84.4 Å². The van der Waals surface area contributed by atoms with Crippen molar-refractivity contribution >= 4 is 28.9 Å². The highest BCUT2D eigenvalue weighted by Gasteiger charge is 2.77. The topological polar surface area (TPSA) is 69.7 Å². The zero-order valence-corrected chi connectivity index (χ0v) is 17.6. The molecule has 1 saturated carbocycles. The van der Waals surface area contributed by atoms with Crippen LogP contribution in [0.3, 0.4) is 0 Å². The Morgan fingerprint density at radius 2 is 1.45 bits per heavy atom. The molecule has 158 valence electrons. The summed E-state index contributed by atoms with van der Waals surface area (Å²) in [6, 6.07) is 18.5. The standard InChI is InChI=1S/C26H24O5/c1-4-11-19-16-25(23(28)30-2)20(17-12-7-5-8-13-17)21(18-14-9-6-10-15-18)26(19,22(25)27)24(29)31-3/h4-10,12-15,19H,1,11,16H2,2-3H3. The highest BCUT2D eigenvalue weighted by atomic mass is 16.5. The van der Waals surface area contributed by atoms with E-state index in [4.69, 9.17) is 9.47 Å². The molecule has 3 unspecified atom stereocenters. The molecule has 0 spiro atoms. The van der Waals surface area contributed by atoms with E-state index in [0.29, 0.717) is 28.7 Å². The fraction of sp³-hybridized carbons (Fsp3) is 0.269. The first kappa shape index (κ1) is 20.8. The maximum Gasteiger partial charge on any atom is 0.324 e. The molecule has 2 aromatic rings. The molecule has 2 aromatic carbocycles. The second kappa shape index (κ2) is 7.65. The van der Waals surface area contributed by atoms with Gasteiger partial charge in [0, 0.05) is 0 Å². The van der Waals surface area contributed by atoms with E-state index < -0.39 is 34.5 Å². The van der Waals surface area contributed by atoms with E-state index >= 15 is 0 Å². The molecule has 0 amide bonds. The minimum absolute atomic E-state index is 0.167. The molecule has 0 radical (unpaired) electrons. The zero-order chi connectivity index (χ0) is 22.2. The predicted molar refractivity (Wildman–Crippen MR) is 117 cm³/mol. The number of esters is 2. The molecule has 0 heterocycles. The second-order valence-corrected chi connectivity index (χ2v) is 7.93. The number of carbonyl (C=O) groups excluding carboxylic acids is 3. The molecule has 5 heteroatoms. The van der Waals surface area contributed by atoms with Crippen LogP contribution in [0.4, 0.5) is 0 Å². The molecule has 1 fully saturated rings. The number of Topliss-reactive ketones (excluding diaryl/α,β-unsaturated/α-hetero) is 1. The third kappa shape index (κ3) is 2.59. The lowest BCUT2D eigenvalue weighted by atomic mass is 9.65. The minimum Gasteiger partial charge on any atom is -0.468 e. The summed E-state index contributed by atoms with van der Waals surface area (Å²) in [4.78, 5) is 40.9. The lowest BCUT2D eigenvalue weighted by Crippen LogP contribution is -2.43. The second-order valence-electron chi connectivity index (χ2n) is 7.93. The number of benzene rings is 2. The summed E-state index contributed by atoms with van der Waals surface area (Å²) in [5.41, 5.74) is -0.712. The molecule has 0 aromatic heterocycles. The van der Waals surface area contributed by atoms with Crippen molar-refractivity contribution in [3.63, 3.8) is 0 Å². The van der Waals surface area contributed by atoms with E-state index in [1.54, 1.807) is 6.08 Å². The summed E-state index contributed by atoms with van der Waals surface area (Å²) in [6.07, 6.45) is 2.23. The number of hydrogen-bond donors (Lipinski definition) is 0. The van der Waals surface area contributed by atoms with Gasteiger partial charge in [0.25, 0.3) is 0 Å². The van der Waals surface area contributed by atoms with E-state index in [2.05, 4.69) is 6.58 Å². The van der Waals surface area contributed by atoms with Gasteiger partial charge in [0.05, 0.1) is 14.2 Å². The Morgan fingerprint density at radius 1 is 0.935 bits per heavy atom. The van der Waals surface area contributed by atoms with Crippen LogP contribution in [0.25, 0.3) is 11.1 Å². The maximum absolute atomic E-state index is 14.2. The van der Waals surface area contributed by atoms with Gasteiger partial charge < -0.3 is 9.47 Å². The largest absolute Gasteiger partial charge is 0.468 e. The maximum atomic E-state index is 14.2. The van der Waals surface area contributed by atoms with Crippen molar-refractivity contribution in [2.45, 2.75) is 12.8 Å². The first-order valence-corrected chi connectivity index (χ1v) is 10.2. The Kier molecular flexibility index (Phi) is 5.13. The molecule has 0 saturated heterocycles. The van der Waals surface area contributed by atoms with Crippen LogP contribution < -0.4 is 0 Å². The number of hydrogen-bond acceptors (Lipinski definition) is 5. The number of methoxy groups -OCH3 is 2. The fourth-order valence-corrected chi connectivity index (χ4v) is 5.49. The van der Waals surface area contributed by atoms with Gasteiger partial charge in [-0.3, -0.25) is 14.4 Å². The van der Waals surface area contributed by atoms with Crippen molar-refractivity contribution in [1.29, 1.82) is 0 Å². The van der Waals surface area contributed by atoms with E-state index in [-0.39, 0.29) is 6.42 Å². The van der Waals surface area contributed by atoms with Gasteiger partial charge in [-0.2, -0.15) is 0 Å².